The van der Waals surface area contributed by atoms with E-state index in [-0.39, 0.29) is 11.9 Å². The Bertz CT molecular complexity index is 219. The zero-order valence-corrected chi connectivity index (χ0v) is 10.6. The number of hydrogen-bond donors (Lipinski definition) is 2. The van der Waals surface area contributed by atoms with Gasteiger partial charge in [0, 0.05) is 22.8 Å². The molecule has 0 saturated carbocycles. The molecule has 90 valence electrons. The summed E-state index contributed by atoms with van der Waals surface area (Å²) < 4.78 is 10.8. The first-order valence-corrected chi connectivity index (χ1v) is 6.99. The fourth-order valence-corrected chi connectivity index (χ4v) is 1.87. The van der Waals surface area contributed by atoms with Crippen molar-refractivity contribution in [2.24, 2.45) is 11.7 Å². The number of nitrogens with two attached hydrogens (primary N) is 1. The van der Waals surface area contributed by atoms with E-state index in [2.05, 4.69) is 19.2 Å². The van der Waals surface area contributed by atoms with E-state index in [4.69, 9.17) is 5.73 Å². The van der Waals surface area contributed by atoms with Gasteiger partial charge in [-0.1, -0.05) is 13.8 Å². The summed E-state index contributed by atoms with van der Waals surface area (Å²) in [5, 5.41) is 3.10. The van der Waals surface area contributed by atoms with Gasteiger partial charge in [-0.3, -0.25) is 9.00 Å². The van der Waals surface area contributed by atoms with E-state index < -0.39 is 10.8 Å². The molecule has 0 heterocycles. The summed E-state index contributed by atoms with van der Waals surface area (Å²) >= 11 is 0. The van der Waals surface area contributed by atoms with Crippen LogP contribution in [0.2, 0.25) is 0 Å². The van der Waals surface area contributed by atoms with Gasteiger partial charge in [-0.25, -0.2) is 0 Å². The summed E-state index contributed by atoms with van der Waals surface area (Å²) in [4.78, 5) is 11.1. The molecule has 0 fully saturated rings. The molecule has 0 aliphatic rings. The second-order valence-corrected chi connectivity index (χ2v) is 5.72. The number of primary amides is 1. The minimum atomic E-state index is -0.758. The summed E-state index contributed by atoms with van der Waals surface area (Å²) in [5.74, 6) is 0.803. The van der Waals surface area contributed by atoms with Crippen LogP contribution in [-0.4, -0.2) is 34.7 Å². The molecule has 2 atom stereocenters. The van der Waals surface area contributed by atoms with Crippen molar-refractivity contribution in [1.82, 2.24) is 5.32 Å². The second-order valence-electron chi connectivity index (χ2n) is 4.17. The van der Waals surface area contributed by atoms with Gasteiger partial charge in [-0.2, -0.15) is 0 Å². The molecule has 1 amide bonds. The van der Waals surface area contributed by atoms with Crippen molar-refractivity contribution in [1.29, 1.82) is 0 Å². The van der Waals surface area contributed by atoms with Gasteiger partial charge in [-0.15, -0.1) is 0 Å². The molecule has 3 N–H and O–H groups in total. The highest BCUT2D eigenvalue weighted by Crippen LogP contribution is 2.04. The summed E-state index contributed by atoms with van der Waals surface area (Å²) in [5.41, 5.74) is 5.27. The number of carbonyl (C=O) groups excluding carboxylic acids is 1. The molecule has 0 aromatic rings. The fourth-order valence-electron chi connectivity index (χ4n) is 1.32. The Morgan fingerprint density at radius 2 is 2.07 bits per heavy atom. The average molecular weight is 234 g/mol. The molecule has 5 heteroatoms. The number of amides is 1. The lowest BCUT2D eigenvalue weighted by atomic mass is 10.0. The fraction of sp³-hybridized carbons (Fsp3) is 0.900. The molecule has 0 aromatic heterocycles. The molecule has 0 bridgehead atoms. The van der Waals surface area contributed by atoms with Crippen molar-refractivity contribution < 1.29 is 9.00 Å². The van der Waals surface area contributed by atoms with Crippen LogP contribution in [0.25, 0.3) is 0 Å². The van der Waals surface area contributed by atoms with Gasteiger partial charge in [0.25, 0.3) is 0 Å². The predicted octanol–water partition coefficient (Wildman–Crippen LogP) is 0.245. The summed E-state index contributed by atoms with van der Waals surface area (Å²) in [7, 11) is -0.758. The molecule has 0 aliphatic carbocycles. The maximum Gasteiger partial charge on any atom is 0.234 e. The quantitative estimate of drug-likeness (QED) is 0.591. The highest BCUT2D eigenvalue weighted by molar-refractivity contribution is 7.84. The van der Waals surface area contributed by atoms with E-state index in [1.54, 1.807) is 6.26 Å². The lowest BCUT2D eigenvalue weighted by Gasteiger charge is -2.17. The Labute approximate surface area is 94.4 Å². The molecule has 4 nitrogen and oxygen atoms in total. The molecule has 0 spiro atoms. The minimum Gasteiger partial charge on any atom is -0.368 e. The van der Waals surface area contributed by atoms with Crippen molar-refractivity contribution in [3.8, 4) is 0 Å². The Morgan fingerprint density at radius 3 is 2.47 bits per heavy atom. The van der Waals surface area contributed by atoms with Gasteiger partial charge in [-0.05, 0) is 25.3 Å². The molecule has 0 saturated heterocycles. The zero-order valence-electron chi connectivity index (χ0n) is 9.79. The normalized spacial score (nSPS) is 15.2. The van der Waals surface area contributed by atoms with Crippen LogP contribution < -0.4 is 11.1 Å². The van der Waals surface area contributed by atoms with E-state index in [1.807, 2.05) is 0 Å². The van der Waals surface area contributed by atoms with Gasteiger partial charge < -0.3 is 11.1 Å². The van der Waals surface area contributed by atoms with Gasteiger partial charge in [0.15, 0.2) is 0 Å². The van der Waals surface area contributed by atoms with Gasteiger partial charge in [0.1, 0.15) is 0 Å². The monoisotopic (exact) mass is 234 g/mol. The van der Waals surface area contributed by atoms with E-state index in [0.29, 0.717) is 18.2 Å². The van der Waals surface area contributed by atoms with E-state index in [1.165, 1.54) is 0 Å². The molecule has 0 aliphatic heterocycles. The van der Waals surface area contributed by atoms with Gasteiger partial charge in [0.2, 0.25) is 5.91 Å². The van der Waals surface area contributed by atoms with Crippen molar-refractivity contribution in [3.05, 3.63) is 0 Å². The summed E-state index contributed by atoms with van der Waals surface area (Å²) in [6.45, 7) is 4.80. The lowest BCUT2D eigenvalue weighted by Crippen LogP contribution is -2.42. The van der Waals surface area contributed by atoms with Crippen LogP contribution in [-0.2, 0) is 15.6 Å². The Balaban J connectivity index is 3.76. The first-order valence-electron chi connectivity index (χ1n) is 5.26. The van der Waals surface area contributed by atoms with Gasteiger partial charge in [0.05, 0.1) is 6.04 Å². The van der Waals surface area contributed by atoms with Crippen molar-refractivity contribution >= 4 is 16.7 Å². The van der Waals surface area contributed by atoms with Crippen LogP contribution in [0.3, 0.4) is 0 Å². The van der Waals surface area contributed by atoms with E-state index in [9.17, 15) is 9.00 Å². The Kier molecular flexibility index (Phi) is 7.60. The minimum absolute atomic E-state index is 0.254. The number of nitrogens with one attached hydrogen (secondary N) is 1. The van der Waals surface area contributed by atoms with Crippen LogP contribution in [0.4, 0.5) is 0 Å². The number of hydrogen-bond acceptors (Lipinski definition) is 3. The lowest BCUT2D eigenvalue weighted by molar-refractivity contribution is -0.120. The van der Waals surface area contributed by atoms with Crippen LogP contribution in [0, 0.1) is 5.92 Å². The molecule has 0 rings (SSSR count). The van der Waals surface area contributed by atoms with Crippen LogP contribution >= 0.6 is 0 Å². The smallest absolute Gasteiger partial charge is 0.234 e. The van der Waals surface area contributed by atoms with Crippen molar-refractivity contribution in [3.63, 3.8) is 0 Å². The number of rotatable bonds is 8. The number of carbonyl (C=O) groups is 1. The first-order chi connectivity index (χ1) is 6.93. The molecule has 2 unspecified atom stereocenters. The first kappa shape index (κ1) is 14.6. The molecule has 0 radical (unpaired) electrons. The van der Waals surface area contributed by atoms with Crippen molar-refractivity contribution in [2.45, 2.75) is 32.7 Å². The molecule has 15 heavy (non-hydrogen) atoms. The molecular weight excluding hydrogens is 212 g/mol. The standard InChI is InChI=1S/C10H22N2O2S/c1-8(2)7-9(10(11)13)12-5-4-6-15(3)14/h8-9,12H,4-7H2,1-3H3,(H2,11,13). The Hall–Kier alpha value is -0.420. The maximum atomic E-state index is 11.1. The average Bonchev–Trinajstić information content (AvgIpc) is 2.08. The third kappa shape index (κ3) is 8.57. The third-order valence-electron chi connectivity index (χ3n) is 2.05. The largest absolute Gasteiger partial charge is 0.368 e. The van der Waals surface area contributed by atoms with E-state index >= 15 is 0 Å². The van der Waals surface area contributed by atoms with Crippen LogP contribution in [0.5, 0.6) is 0 Å². The van der Waals surface area contributed by atoms with Gasteiger partial charge >= 0.3 is 0 Å². The second kappa shape index (κ2) is 7.82. The zero-order chi connectivity index (χ0) is 11.8. The topological polar surface area (TPSA) is 72.2 Å². The molecular formula is C10H22N2O2S. The molecule has 0 aromatic carbocycles. The van der Waals surface area contributed by atoms with Crippen molar-refractivity contribution in [2.75, 3.05) is 18.6 Å². The highest BCUT2D eigenvalue weighted by Gasteiger charge is 2.15. The predicted molar refractivity (Wildman–Crippen MR) is 64.0 cm³/mol. The summed E-state index contributed by atoms with van der Waals surface area (Å²) in [6, 6.07) is -0.254. The summed E-state index contributed by atoms with van der Waals surface area (Å²) in [6.07, 6.45) is 3.25. The van der Waals surface area contributed by atoms with Crippen LogP contribution in [0.15, 0.2) is 0 Å². The maximum absolute atomic E-state index is 11.1. The van der Waals surface area contributed by atoms with E-state index in [0.717, 1.165) is 12.8 Å². The Morgan fingerprint density at radius 1 is 1.47 bits per heavy atom. The van der Waals surface area contributed by atoms with Crippen LogP contribution in [0.1, 0.15) is 26.7 Å². The SMILES string of the molecule is CC(C)CC(NCCCS(C)=O)C(N)=O. The third-order valence-corrected chi connectivity index (χ3v) is 2.91. The highest BCUT2D eigenvalue weighted by atomic mass is 32.2.